The Morgan fingerprint density at radius 3 is 2.18 bits per heavy atom. The van der Waals surface area contributed by atoms with Crippen molar-refractivity contribution in [1.29, 1.82) is 0 Å². The topological polar surface area (TPSA) is 125 Å². The van der Waals surface area contributed by atoms with Crippen LogP contribution >= 0.6 is 12.4 Å². The number of carbonyl (C=O) groups is 1. The number of carbonyl (C=O) groups excluding carboxylic acids is 1. The van der Waals surface area contributed by atoms with E-state index in [4.69, 9.17) is 16.2 Å². The highest BCUT2D eigenvalue weighted by Gasteiger charge is 2.22. The molecule has 0 aliphatic rings. The number of hydrogen-bond donors (Lipinski definition) is 2. The summed E-state index contributed by atoms with van der Waals surface area (Å²) in [5, 5.41) is 0. The van der Waals surface area contributed by atoms with Crippen molar-refractivity contribution >= 4 is 34.1 Å². The van der Waals surface area contributed by atoms with Crippen LogP contribution in [0.15, 0.2) is 22.0 Å². The molecule has 1 amide bonds. The van der Waals surface area contributed by atoms with E-state index in [-0.39, 0.29) is 34.5 Å². The van der Waals surface area contributed by atoms with E-state index in [9.17, 15) is 13.2 Å². The molecule has 0 saturated carbocycles. The zero-order valence-electron chi connectivity index (χ0n) is 12.8. The second-order valence-corrected chi connectivity index (χ2v) is 6.84. The van der Waals surface area contributed by atoms with E-state index < -0.39 is 21.7 Å². The minimum absolute atomic E-state index is 0. The molecule has 1 aromatic carbocycles. The van der Waals surface area contributed by atoms with Gasteiger partial charge in [-0.05, 0) is 23.6 Å². The van der Waals surface area contributed by atoms with E-state index in [0.29, 0.717) is 5.56 Å². The second kappa shape index (κ2) is 7.46. The third kappa shape index (κ3) is 4.60. The van der Waals surface area contributed by atoms with Crippen LogP contribution in [0.4, 0.5) is 0 Å². The van der Waals surface area contributed by atoms with Crippen molar-refractivity contribution in [1.82, 2.24) is 0 Å². The first-order valence-electron chi connectivity index (χ1n) is 6.13. The van der Waals surface area contributed by atoms with Gasteiger partial charge in [-0.25, -0.2) is 8.42 Å². The fourth-order valence-corrected chi connectivity index (χ4v) is 2.92. The summed E-state index contributed by atoms with van der Waals surface area (Å²) >= 11 is 0. The molecule has 22 heavy (non-hydrogen) atoms. The van der Waals surface area contributed by atoms with E-state index in [2.05, 4.69) is 4.99 Å². The summed E-state index contributed by atoms with van der Waals surface area (Å²) in [4.78, 5) is 15.4. The molecule has 124 valence electrons. The summed E-state index contributed by atoms with van der Waals surface area (Å²) in [6.07, 6.45) is 1.08. The maximum Gasteiger partial charge on any atom is 0.283 e. The van der Waals surface area contributed by atoms with E-state index in [1.165, 1.54) is 19.2 Å². The van der Waals surface area contributed by atoms with E-state index in [1.54, 1.807) is 0 Å². The highest BCUT2D eigenvalue weighted by Crippen LogP contribution is 2.31. The molecule has 4 N–H and O–H groups in total. The van der Waals surface area contributed by atoms with Crippen molar-refractivity contribution in [2.45, 2.75) is 24.7 Å². The van der Waals surface area contributed by atoms with E-state index in [0.717, 1.165) is 6.26 Å². The molecule has 0 aliphatic carbocycles. The van der Waals surface area contributed by atoms with Gasteiger partial charge in [0.1, 0.15) is 5.75 Å². The van der Waals surface area contributed by atoms with Gasteiger partial charge >= 0.3 is 0 Å². The summed E-state index contributed by atoms with van der Waals surface area (Å²) in [6.45, 7) is 3.70. The van der Waals surface area contributed by atoms with E-state index in [1.807, 2.05) is 13.8 Å². The third-order valence-electron chi connectivity index (χ3n) is 2.81. The fourth-order valence-electron chi connectivity index (χ4n) is 1.86. The van der Waals surface area contributed by atoms with Gasteiger partial charge in [0.15, 0.2) is 15.8 Å². The Bertz CT molecular complexity index is 695. The van der Waals surface area contributed by atoms with Gasteiger partial charge in [-0.2, -0.15) is 4.99 Å². The number of benzene rings is 1. The molecule has 0 aromatic heterocycles. The minimum Gasteiger partial charge on any atom is -0.496 e. The average Bonchev–Trinajstić information content (AvgIpc) is 2.34. The first-order chi connectivity index (χ1) is 9.57. The number of aliphatic imine (C=N–C) groups is 1. The van der Waals surface area contributed by atoms with Crippen LogP contribution in [0.25, 0.3) is 0 Å². The van der Waals surface area contributed by atoms with Crippen LogP contribution in [0.5, 0.6) is 5.75 Å². The largest absolute Gasteiger partial charge is 0.496 e. The van der Waals surface area contributed by atoms with Gasteiger partial charge in [0, 0.05) is 6.26 Å². The monoisotopic (exact) mass is 349 g/mol. The number of sulfone groups is 1. The molecule has 1 aromatic rings. The average molecular weight is 350 g/mol. The van der Waals surface area contributed by atoms with Crippen molar-refractivity contribution in [3.8, 4) is 5.75 Å². The van der Waals surface area contributed by atoms with Crippen LogP contribution in [0.1, 0.15) is 35.7 Å². The van der Waals surface area contributed by atoms with E-state index >= 15 is 0 Å². The normalized spacial score (nSPS) is 10.8. The van der Waals surface area contributed by atoms with Crippen LogP contribution < -0.4 is 16.2 Å². The molecule has 7 nitrogen and oxygen atoms in total. The van der Waals surface area contributed by atoms with Crippen LogP contribution in [0.2, 0.25) is 0 Å². The van der Waals surface area contributed by atoms with Crippen molar-refractivity contribution in [2.24, 2.45) is 16.5 Å². The Balaban J connectivity index is 0.00000441. The van der Waals surface area contributed by atoms with Crippen molar-refractivity contribution in [3.05, 3.63) is 23.3 Å². The summed E-state index contributed by atoms with van der Waals surface area (Å²) in [5.74, 6) is -1.00. The SMILES string of the molecule is COc1cc(C(C)C)c(S(C)(=O)=O)cc1C(=O)N=C(N)N.Cl. The minimum atomic E-state index is -3.51. The summed E-state index contributed by atoms with van der Waals surface area (Å²) < 4.78 is 29.0. The highest BCUT2D eigenvalue weighted by atomic mass is 35.5. The number of methoxy groups -OCH3 is 1. The Hall–Kier alpha value is -1.80. The molecule has 0 spiro atoms. The zero-order valence-corrected chi connectivity index (χ0v) is 14.4. The van der Waals surface area contributed by atoms with Gasteiger partial charge in [-0.3, -0.25) is 4.79 Å². The first kappa shape index (κ1) is 20.2. The lowest BCUT2D eigenvalue weighted by molar-refractivity contribution is 0.0999. The van der Waals surface area contributed by atoms with Gasteiger partial charge in [-0.1, -0.05) is 13.8 Å². The predicted molar refractivity (Wildman–Crippen MR) is 87.6 cm³/mol. The van der Waals surface area contributed by atoms with Gasteiger partial charge in [0.2, 0.25) is 0 Å². The number of hydrogen-bond acceptors (Lipinski definition) is 4. The second-order valence-electron chi connectivity index (χ2n) is 4.86. The molecule has 0 atom stereocenters. The third-order valence-corrected chi connectivity index (χ3v) is 3.97. The van der Waals surface area contributed by atoms with Crippen LogP contribution in [0, 0.1) is 0 Å². The van der Waals surface area contributed by atoms with Crippen molar-refractivity contribution in [3.63, 3.8) is 0 Å². The Kier molecular flexibility index (Phi) is 6.85. The van der Waals surface area contributed by atoms with Crippen LogP contribution in [-0.2, 0) is 9.84 Å². The number of ether oxygens (including phenoxy) is 1. The quantitative estimate of drug-likeness (QED) is 0.618. The zero-order chi connectivity index (χ0) is 16.4. The number of nitrogens with zero attached hydrogens (tertiary/aromatic N) is 1. The number of guanidine groups is 1. The molecule has 0 radical (unpaired) electrons. The summed E-state index contributed by atoms with van der Waals surface area (Å²) in [6, 6.07) is 2.77. The maximum atomic E-state index is 12.0. The molecule has 1 rings (SSSR count). The lowest BCUT2D eigenvalue weighted by Crippen LogP contribution is -2.24. The number of nitrogens with two attached hydrogens (primary N) is 2. The molecule has 0 fully saturated rings. The summed E-state index contributed by atoms with van der Waals surface area (Å²) in [5.41, 5.74) is 10.9. The lowest BCUT2D eigenvalue weighted by atomic mass is 10.0. The molecular weight excluding hydrogens is 330 g/mol. The Labute approximate surface area is 136 Å². The van der Waals surface area contributed by atoms with Crippen LogP contribution in [0.3, 0.4) is 0 Å². The molecule has 9 heteroatoms. The lowest BCUT2D eigenvalue weighted by Gasteiger charge is -2.15. The predicted octanol–water partition coefficient (Wildman–Crippen LogP) is 1.06. The molecular formula is C13H20ClN3O4S. The smallest absolute Gasteiger partial charge is 0.283 e. The molecule has 0 heterocycles. The van der Waals surface area contributed by atoms with Gasteiger partial charge < -0.3 is 16.2 Å². The Morgan fingerprint density at radius 1 is 1.27 bits per heavy atom. The molecule has 0 unspecified atom stereocenters. The van der Waals surface area contributed by atoms with Gasteiger partial charge in [0.05, 0.1) is 17.6 Å². The molecule has 0 bridgehead atoms. The van der Waals surface area contributed by atoms with Crippen molar-refractivity contribution < 1.29 is 17.9 Å². The summed E-state index contributed by atoms with van der Waals surface area (Å²) in [7, 11) is -2.13. The number of amides is 1. The maximum absolute atomic E-state index is 12.0. The Morgan fingerprint density at radius 2 is 1.82 bits per heavy atom. The van der Waals surface area contributed by atoms with Gasteiger partial charge in [0.25, 0.3) is 5.91 Å². The van der Waals surface area contributed by atoms with Crippen LogP contribution in [-0.4, -0.2) is 33.7 Å². The number of halogens is 1. The fraction of sp³-hybridized carbons (Fsp3) is 0.385. The molecule has 0 saturated heterocycles. The van der Waals surface area contributed by atoms with Crippen molar-refractivity contribution in [2.75, 3.05) is 13.4 Å². The standard InChI is InChI=1S/C13H19N3O4S.ClH/c1-7(2)8-5-10(20-3)9(12(17)16-13(14)15)6-11(8)21(4,18)19;/h5-7H,1-4H3,(H4,14,15,16,17);1H. The molecule has 0 aliphatic heterocycles. The highest BCUT2D eigenvalue weighted by molar-refractivity contribution is 7.90. The first-order valence-corrected chi connectivity index (χ1v) is 8.03. The number of rotatable bonds is 4. The van der Waals surface area contributed by atoms with Gasteiger partial charge in [-0.15, -0.1) is 12.4 Å².